The van der Waals surface area contributed by atoms with Gasteiger partial charge in [0.2, 0.25) is 0 Å². The van der Waals surface area contributed by atoms with Crippen molar-refractivity contribution in [1.29, 1.82) is 5.26 Å². The Balaban J connectivity index is 1.85. The van der Waals surface area contributed by atoms with Gasteiger partial charge in [-0.05, 0) is 48.7 Å². The molecule has 2 rings (SSSR count). The smallest absolute Gasteiger partial charge is 0.0992 e. The van der Waals surface area contributed by atoms with Gasteiger partial charge in [-0.1, -0.05) is 41.9 Å². The van der Waals surface area contributed by atoms with Gasteiger partial charge in [-0.3, -0.25) is 0 Å². The minimum Gasteiger partial charge on any atom is -0.312 e. The molecule has 0 aliphatic carbocycles. The summed E-state index contributed by atoms with van der Waals surface area (Å²) in [5, 5.41) is 12.8. The number of nitrogens with one attached hydrogen (secondary N) is 1. The van der Waals surface area contributed by atoms with Crippen LogP contribution in [0, 0.1) is 18.3 Å². The van der Waals surface area contributed by atoms with Gasteiger partial charge in [0.15, 0.2) is 0 Å². The molecule has 0 atom stereocenters. The SMILES string of the molecule is Cc1ccccc1CCNCc1ccc(C#N)cc1Cl. The Bertz CT molecular complexity index is 629. The summed E-state index contributed by atoms with van der Waals surface area (Å²) in [4.78, 5) is 0. The van der Waals surface area contributed by atoms with Gasteiger partial charge in [0.1, 0.15) is 0 Å². The monoisotopic (exact) mass is 284 g/mol. The molecule has 0 saturated heterocycles. The maximum Gasteiger partial charge on any atom is 0.0992 e. The van der Waals surface area contributed by atoms with E-state index < -0.39 is 0 Å². The third-order valence-corrected chi connectivity index (χ3v) is 3.68. The third-order valence-electron chi connectivity index (χ3n) is 3.33. The topological polar surface area (TPSA) is 35.8 Å². The molecule has 0 aliphatic rings. The highest BCUT2D eigenvalue weighted by Crippen LogP contribution is 2.17. The van der Waals surface area contributed by atoms with E-state index in [4.69, 9.17) is 16.9 Å². The van der Waals surface area contributed by atoms with Crippen LogP contribution < -0.4 is 5.32 Å². The second-order valence-electron chi connectivity index (χ2n) is 4.77. The largest absolute Gasteiger partial charge is 0.312 e. The summed E-state index contributed by atoms with van der Waals surface area (Å²) in [6.07, 6.45) is 1.00. The van der Waals surface area contributed by atoms with Crippen molar-refractivity contribution in [1.82, 2.24) is 5.32 Å². The zero-order chi connectivity index (χ0) is 14.4. The van der Waals surface area contributed by atoms with Crippen LogP contribution >= 0.6 is 11.6 Å². The first-order valence-electron chi connectivity index (χ1n) is 6.64. The molecule has 0 amide bonds. The summed E-state index contributed by atoms with van der Waals surface area (Å²) in [7, 11) is 0. The Labute approximate surface area is 125 Å². The molecule has 102 valence electrons. The molecule has 0 fully saturated rings. The van der Waals surface area contributed by atoms with Crippen molar-refractivity contribution in [3.05, 3.63) is 69.7 Å². The Hall–Kier alpha value is -1.82. The number of aryl methyl sites for hydroxylation is 1. The molecule has 0 bridgehead atoms. The number of halogens is 1. The molecule has 0 unspecified atom stereocenters. The van der Waals surface area contributed by atoms with E-state index in [1.165, 1.54) is 11.1 Å². The predicted molar refractivity (Wildman–Crippen MR) is 82.8 cm³/mol. The van der Waals surface area contributed by atoms with Crippen molar-refractivity contribution in [3.63, 3.8) is 0 Å². The number of benzene rings is 2. The minimum atomic E-state index is 0.596. The van der Waals surface area contributed by atoms with Gasteiger partial charge in [-0.25, -0.2) is 0 Å². The maximum atomic E-state index is 8.79. The molecule has 2 aromatic carbocycles. The van der Waals surface area contributed by atoms with Crippen LogP contribution in [0.4, 0.5) is 0 Å². The minimum absolute atomic E-state index is 0.596. The average Bonchev–Trinajstić information content (AvgIpc) is 2.46. The molecule has 0 spiro atoms. The zero-order valence-corrected chi connectivity index (χ0v) is 12.2. The average molecular weight is 285 g/mol. The van der Waals surface area contributed by atoms with E-state index in [1.54, 1.807) is 12.1 Å². The fourth-order valence-electron chi connectivity index (χ4n) is 2.10. The van der Waals surface area contributed by atoms with E-state index in [0.29, 0.717) is 10.6 Å². The predicted octanol–water partition coefficient (Wildman–Crippen LogP) is 3.85. The quantitative estimate of drug-likeness (QED) is 0.847. The van der Waals surface area contributed by atoms with Gasteiger partial charge in [0.25, 0.3) is 0 Å². The molecule has 0 radical (unpaired) electrons. The van der Waals surface area contributed by atoms with Crippen LogP contribution in [-0.2, 0) is 13.0 Å². The second-order valence-corrected chi connectivity index (χ2v) is 5.18. The first-order valence-corrected chi connectivity index (χ1v) is 7.02. The lowest BCUT2D eigenvalue weighted by Gasteiger charge is -2.08. The van der Waals surface area contributed by atoms with E-state index >= 15 is 0 Å². The van der Waals surface area contributed by atoms with Gasteiger partial charge >= 0.3 is 0 Å². The molecular formula is C17H17ClN2. The fourth-order valence-corrected chi connectivity index (χ4v) is 2.34. The van der Waals surface area contributed by atoms with E-state index in [1.807, 2.05) is 6.07 Å². The maximum absolute atomic E-state index is 8.79. The second kappa shape index (κ2) is 7.09. The Morgan fingerprint density at radius 3 is 2.65 bits per heavy atom. The molecule has 2 aromatic rings. The van der Waals surface area contributed by atoms with Crippen molar-refractivity contribution in [2.75, 3.05) is 6.54 Å². The number of hydrogen-bond acceptors (Lipinski definition) is 2. The Morgan fingerprint density at radius 1 is 1.15 bits per heavy atom. The van der Waals surface area contributed by atoms with Gasteiger partial charge in [0, 0.05) is 11.6 Å². The molecule has 2 nitrogen and oxygen atoms in total. The lowest BCUT2D eigenvalue weighted by Crippen LogP contribution is -2.17. The third kappa shape index (κ3) is 3.84. The Morgan fingerprint density at radius 2 is 1.95 bits per heavy atom. The van der Waals surface area contributed by atoms with Crippen LogP contribution in [0.5, 0.6) is 0 Å². The highest BCUT2D eigenvalue weighted by Gasteiger charge is 2.02. The summed E-state index contributed by atoms with van der Waals surface area (Å²) in [6.45, 7) is 3.75. The zero-order valence-electron chi connectivity index (χ0n) is 11.5. The van der Waals surface area contributed by atoms with E-state index in [-0.39, 0.29) is 0 Å². The first kappa shape index (κ1) is 14.6. The van der Waals surface area contributed by atoms with Gasteiger partial charge in [-0.15, -0.1) is 0 Å². The molecular weight excluding hydrogens is 268 g/mol. The van der Waals surface area contributed by atoms with Gasteiger partial charge in [-0.2, -0.15) is 5.26 Å². The van der Waals surface area contributed by atoms with Crippen molar-refractivity contribution in [2.45, 2.75) is 19.9 Å². The van der Waals surface area contributed by atoms with Crippen LogP contribution in [0.25, 0.3) is 0 Å². The van der Waals surface area contributed by atoms with E-state index in [0.717, 1.165) is 25.1 Å². The van der Waals surface area contributed by atoms with Crippen LogP contribution in [0.15, 0.2) is 42.5 Å². The molecule has 0 aliphatic heterocycles. The molecule has 20 heavy (non-hydrogen) atoms. The first-order chi connectivity index (χ1) is 9.70. The lowest BCUT2D eigenvalue weighted by molar-refractivity contribution is 0.685. The summed E-state index contributed by atoms with van der Waals surface area (Å²) < 4.78 is 0. The van der Waals surface area contributed by atoms with Crippen molar-refractivity contribution in [3.8, 4) is 6.07 Å². The van der Waals surface area contributed by atoms with Crippen molar-refractivity contribution < 1.29 is 0 Å². The molecule has 3 heteroatoms. The lowest BCUT2D eigenvalue weighted by atomic mass is 10.1. The van der Waals surface area contributed by atoms with Crippen LogP contribution in [-0.4, -0.2) is 6.54 Å². The Kier molecular flexibility index (Phi) is 5.17. The van der Waals surface area contributed by atoms with E-state index in [2.05, 4.69) is 42.6 Å². The summed E-state index contributed by atoms with van der Waals surface area (Å²) in [5.74, 6) is 0. The van der Waals surface area contributed by atoms with Gasteiger partial charge in [0.05, 0.1) is 11.6 Å². The summed E-state index contributed by atoms with van der Waals surface area (Å²) in [6, 6.07) is 15.9. The molecule has 0 heterocycles. The summed E-state index contributed by atoms with van der Waals surface area (Å²) in [5.41, 5.74) is 4.31. The number of nitriles is 1. The van der Waals surface area contributed by atoms with Crippen LogP contribution in [0.3, 0.4) is 0 Å². The standard InChI is InChI=1S/C17H17ClN2/c1-13-4-2-3-5-15(13)8-9-20-12-16-7-6-14(11-19)10-17(16)18/h2-7,10,20H,8-9,12H2,1H3. The normalized spacial score (nSPS) is 10.2. The number of nitrogens with zero attached hydrogens (tertiary/aromatic N) is 1. The van der Waals surface area contributed by atoms with Gasteiger partial charge < -0.3 is 5.32 Å². The van der Waals surface area contributed by atoms with E-state index in [9.17, 15) is 0 Å². The summed E-state index contributed by atoms with van der Waals surface area (Å²) >= 11 is 6.14. The number of hydrogen-bond donors (Lipinski definition) is 1. The molecule has 0 aromatic heterocycles. The highest BCUT2D eigenvalue weighted by atomic mass is 35.5. The van der Waals surface area contributed by atoms with Crippen molar-refractivity contribution in [2.24, 2.45) is 0 Å². The molecule has 0 saturated carbocycles. The van der Waals surface area contributed by atoms with Crippen molar-refractivity contribution >= 4 is 11.6 Å². The van der Waals surface area contributed by atoms with Crippen LogP contribution in [0.1, 0.15) is 22.3 Å². The highest BCUT2D eigenvalue weighted by molar-refractivity contribution is 6.31. The van der Waals surface area contributed by atoms with Crippen LogP contribution in [0.2, 0.25) is 5.02 Å². The fraction of sp³-hybridized carbons (Fsp3) is 0.235. The number of rotatable bonds is 5. The molecule has 1 N–H and O–H groups in total.